The number of carbonyl (C=O) groups excluding carboxylic acids is 1. The van der Waals surface area contributed by atoms with E-state index in [1.165, 1.54) is 0 Å². The first-order valence-corrected chi connectivity index (χ1v) is 7.09. The van der Waals surface area contributed by atoms with Crippen LogP contribution in [0.2, 0.25) is 0 Å². The molecule has 2 N–H and O–H groups in total. The van der Waals surface area contributed by atoms with Crippen molar-refractivity contribution >= 4 is 21.8 Å². The van der Waals surface area contributed by atoms with Crippen molar-refractivity contribution in [3.05, 3.63) is 34.3 Å². The van der Waals surface area contributed by atoms with E-state index in [0.29, 0.717) is 6.54 Å². The second-order valence-corrected chi connectivity index (χ2v) is 5.39. The smallest absolute Gasteiger partial charge is 0.239 e. The Bertz CT molecular complexity index is 395. The van der Waals surface area contributed by atoms with Gasteiger partial charge >= 0.3 is 0 Å². The predicted octanol–water partition coefficient (Wildman–Crippen LogP) is 2.93. The van der Waals surface area contributed by atoms with Crippen molar-refractivity contribution in [2.75, 3.05) is 7.05 Å². The van der Waals surface area contributed by atoms with Crippen LogP contribution in [0.3, 0.4) is 0 Å². The average Bonchev–Trinajstić information content (AvgIpc) is 2.37. The van der Waals surface area contributed by atoms with Gasteiger partial charge in [-0.1, -0.05) is 53.9 Å². The molecule has 0 radical (unpaired) electrons. The fraction of sp³-hybridized carbons (Fsp3) is 0.500. The molecule has 0 fully saturated rings. The molecule has 1 rings (SSSR count). The molecular formula is C14H21BrN2O. The average molecular weight is 313 g/mol. The minimum absolute atomic E-state index is 0.0132. The molecule has 4 heteroatoms. The molecule has 0 heterocycles. The third-order valence-corrected chi connectivity index (χ3v) is 3.70. The van der Waals surface area contributed by atoms with Crippen molar-refractivity contribution in [1.82, 2.24) is 4.90 Å². The summed E-state index contributed by atoms with van der Waals surface area (Å²) < 4.78 is 1.02. The number of nitrogens with two attached hydrogens (primary N) is 1. The van der Waals surface area contributed by atoms with Crippen LogP contribution in [-0.4, -0.2) is 23.9 Å². The molecule has 0 aliphatic rings. The third-order valence-electron chi connectivity index (χ3n) is 2.93. The van der Waals surface area contributed by atoms with E-state index in [9.17, 15) is 4.79 Å². The molecule has 18 heavy (non-hydrogen) atoms. The van der Waals surface area contributed by atoms with Crippen molar-refractivity contribution in [3.8, 4) is 0 Å². The summed E-state index contributed by atoms with van der Waals surface area (Å²) in [5, 5.41) is 0. The van der Waals surface area contributed by atoms with Gasteiger partial charge in [-0.15, -0.1) is 0 Å². The summed E-state index contributed by atoms with van der Waals surface area (Å²) in [6.07, 6.45) is 2.82. The van der Waals surface area contributed by atoms with E-state index in [1.807, 2.05) is 24.3 Å². The standard InChI is InChI=1S/C14H21BrN2O/c1-3-4-9-13(16)14(18)17(2)10-11-7-5-6-8-12(11)15/h5-8,13H,3-4,9-10,16H2,1-2H3. The maximum absolute atomic E-state index is 12.1. The Morgan fingerprint density at radius 1 is 1.44 bits per heavy atom. The monoisotopic (exact) mass is 312 g/mol. The number of nitrogens with zero attached hydrogens (tertiary/aromatic N) is 1. The van der Waals surface area contributed by atoms with Crippen LogP contribution in [0, 0.1) is 0 Å². The van der Waals surface area contributed by atoms with E-state index < -0.39 is 0 Å². The second kappa shape index (κ2) is 7.54. The van der Waals surface area contributed by atoms with Crippen LogP contribution in [0.5, 0.6) is 0 Å². The van der Waals surface area contributed by atoms with E-state index in [2.05, 4.69) is 22.9 Å². The van der Waals surface area contributed by atoms with Gasteiger partial charge in [-0.3, -0.25) is 4.79 Å². The van der Waals surface area contributed by atoms with Crippen LogP contribution in [0.1, 0.15) is 31.7 Å². The molecule has 1 aromatic carbocycles. The molecule has 3 nitrogen and oxygen atoms in total. The number of amides is 1. The maximum Gasteiger partial charge on any atom is 0.239 e. The third kappa shape index (κ3) is 4.42. The normalized spacial score (nSPS) is 12.2. The first-order valence-electron chi connectivity index (χ1n) is 6.30. The number of benzene rings is 1. The lowest BCUT2D eigenvalue weighted by molar-refractivity contribution is -0.132. The van der Waals surface area contributed by atoms with Gasteiger partial charge in [-0.05, 0) is 18.1 Å². The van der Waals surface area contributed by atoms with E-state index in [1.54, 1.807) is 11.9 Å². The fourth-order valence-electron chi connectivity index (χ4n) is 1.79. The lowest BCUT2D eigenvalue weighted by Crippen LogP contribution is -2.41. The number of rotatable bonds is 6. The Morgan fingerprint density at radius 3 is 2.72 bits per heavy atom. The number of likely N-dealkylation sites (N-methyl/N-ethyl adjacent to an activating group) is 1. The van der Waals surface area contributed by atoms with E-state index in [-0.39, 0.29) is 11.9 Å². The van der Waals surface area contributed by atoms with E-state index >= 15 is 0 Å². The lowest BCUT2D eigenvalue weighted by atomic mass is 10.1. The lowest BCUT2D eigenvalue weighted by Gasteiger charge is -2.21. The molecule has 0 aromatic heterocycles. The first-order chi connectivity index (χ1) is 8.56. The highest BCUT2D eigenvalue weighted by atomic mass is 79.9. The van der Waals surface area contributed by atoms with Gasteiger partial charge in [0.2, 0.25) is 5.91 Å². The van der Waals surface area contributed by atoms with Crippen LogP contribution in [-0.2, 0) is 11.3 Å². The molecule has 0 bridgehead atoms. The van der Waals surface area contributed by atoms with Gasteiger partial charge in [-0.2, -0.15) is 0 Å². The van der Waals surface area contributed by atoms with Crippen molar-refractivity contribution in [3.63, 3.8) is 0 Å². The number of hydrogen-bond donors (Lipinski definition) is 1. The minimum Gasteiger partial charge on any atom is -0.340 e. The van der Waals surface area contributed by atoms with Crippen molar-refractivity contribution < 1.29 is 4.79 Å². The summed E-state index contributed by atoms with van der Waals surface area (Å²) >= 11 is 3.48. The SMILES string of the molecule is CCCCC(N)C(=O)N(C)Cc1ccccc1Br. The number of carbonyl (C=O) groups is 1. The number of hydrogen-bond acceptors (Lipinski definition) is 2. The van der Waals surface area contributed by atoms with Crippen LogP contribution in [0.15, 0.2) is 28.7 Å². The Kier molecular flexibility index (Phi) is 6.36. The minimum atomic E-state index is -0.377. The Hall–Kier alpha value is -0.870. The zero-order chi connectivity index (χ0) is 13.5. The summed E-state index contributed by atoms with van der Waals surface area (Å²) in [7, 11) is 1.80. The highest BCUT2D eigenvalue weighted by Gasteiger charge is 2.17. The van der Waals surface area contributed by atoms with Gasteiger partial charge in [-0.25, -0.2) is 0 Å². The number of unbranched alkanes of at least 4 members (excludes halogenated alkanes) is 1. The summed E-state index contributed by atoms with van der Waals surface area (Å²) in [5.41, 5.74) is 6.99. The van der Waals surface area contributed by atoms with Crippen LogP contribution in [0.25, 0.3) is 0 Å². The topological polar surface area (TPSA) is 46.3 Å². The summed E-state index contributed by atoms with van der Waals surface area (Å²) in [6, 6.07) is 7.53. The summed E-state index contributed by atoms with van der Waals surface area (Å²) in [4.78, 5) is 13.7. The van der Waals surface area contributed by atoms with E-state index in [0.717, 1.165) is 29.3 Å². The Balaban J connectivity index is 2.57. The largest absolute Gasteiger partial charge is 0.340 e. The van der Waals surface area contributed by atoms with Gasteiger partial charge < -0.3 is 10.6 Å². The molecular weight excluding hydrogens is 292 g/mol. The molecule has 0 aliphatic heterocycles. The second-order valence-electron chi connectivity index (χ2n) is 4.53. The molecule has 0 saturated carbocycles. The van der Waals surface area contributed by atoms with Gasteiger partial charge in [0, 0.05) is 18.1 Å². The zero-order valence-electron chi connectivity index (χ0n) is 11.0. The highest BCUT2D eigenvalue weighted by molar-refractivity contribution is 9.10. The molecule has 1 atom stereocenters. The van der Waals surface area contributed by atoms with Gasteiger partial charge in [0.05, 0.1) is 6.04 Å². The molecule has 1 amide bonds. The van der Waals surface area contributed by atoms with E-state index in [4.69, 9.17) is 5.73 Å². The van der Waals surface area contributed by atoms with Gasteiger partial charge in [0.15, 0.2) is 0 Å². The number of halogens is 1. The van der Waals surface area contributed by atoms with Gasteiger partial charge in [0.25, 0.3) is 0 Å². The maximum atomic E-state index is 12.1. The Labute approximate surface area is 117 Å². The fourth-order valence-corrected chi connectivity index (χ4v) is 2.20. The molecule has 0 spiro atoms. The molecule has 1 unspecified atom stereocenters. The zero-order valence-corrected chi connectivity index (χ0v) is 12.6. The van der Waals surface area contributed by atoms with Crippen LogP contribution >= 0.6 is 15.9 Å². The van der Waals surface area contributed by atoms with Crippen molar-refractivity contribution in [2.45, 2.75) is 38.8 Å². The molecule has 1 aromatic rings. The van der Waals surface area contributed by atoms with Crippen molar-refractivity contribution in [1.29, 1.82) is 0 Å². The Morgan fingerprint density at radius 2 is 2.11 bits per heavy atom. The highest BCUT2D eigenvalue weighted by Crippen LogP contribution is 2.17. The molecule has 0 saturated heterocycles. The van der Waals surface area contributed by atoms with Gasteiger partial charge in [0.1, 0.15) is 0 Å². The van der Waals surface area contributed by atoms with Crippen LogP contribution in [0.4, 0.5) is 0 Å². The van der Waals surface area contributed by atoms with Crippen LogP contribution < -0.4 is 5.73 Å². The molecule has 100 valence electrons. The first kappa shape index (κ1) is 15.2. The molecule has 0 aliphatic carbocycles. The summed E-state index contributed by atoms with van der Waals surface area (Å²) in [5.74, 6) is 0.0132. The quantitative estimate of drug-likeness (QED) is 0.878. The predicted molar refractivity (Wildman–Crippen MR) is 78.1 cm³/mol. The summed E-state index contributed by atoms with van der Waals surface area (Å²) in [6.45, 7) is 2.68. The van der Waals surface area contributed by atoms with Crippen molar-refractivity contribution in [2.24, 2.45) is 5.73 Å².